The number of aromatic nitrogens is 3. The van der Waals surface area contributed by atoms with Gasteiger partial charge in [-0.1, -0.05) is 35.9 Å². The number of pyridine rings is 1. The van der Waals surface area contributed by atoms with Gasteiger partial charge in [-0.05, 0) is 23.8 Å². The molecule has 0 aliphatic carbocycles. The highest BCUT2D eigenvalue weighted by molar-refractivity contribution is 6.32. The summed E-state index contributed by atoms with van der Waals surface area (Å²) in [6.45, 7) is 2.52. The smallest absolute Gasteiger partial charge is 0.138 e. The molecule has 1 fully saturated rings. The Bertz CT molecular complexity index is 829. The fourth-order valence-corrected chi connectivity index (χ4v) is 3.06. The van der Waals surface area contributed by atoms with Crippen LogP contribution in [0.25, 0.3) is 22.5 Å². The van der Waals surface area contributed by atoms with Crippen molar-refractivity contribution in [2.45, 2.75) is 6.10 Å². The van der Waals surface area contributed by atoms with Crippen molar-refractivity contribution in [2.75, 3.05) is 19.7 Å². The van der Waals surface area contributed by atoms with Crippen molar-refractivity contribution in [2.24, 2.45) is 0 Å². The van der Waals surface area contributed by atoms with Crippen molar-refractivity contribution in [1.82, 2.24) is 20.5 Å². The molecule has 5 nitrogen and oxygen atoms in total. The minimum absolute atomic E-state index is 0. The molecule has 1 saturated heterocycles. The van der Waals surface area contributed by atoms with E-state index in [4.69, 9.17) is 16.3 Å². The molecule has 0 unspecified atom stereocenters. The van der Waals surface area contributed by atoms with E-state index in [9.17, 15) is 0 Å². The molecule has 7 heteroatoms. The number of hydrogen-bond donors (Lipinski definition) is 2. The molecular formula is C18H18Cl2N4O. The maximum atomic E-state index is 6.14. The Balaban J connectivity index is 0.00000182. The van der Waals surface area contributed by atoms with Gasteiger partial charge in [0.05, 0.1) is 24.1 Å². The van der Waals surface area contributed by atoms with Gasteiger partial charge in [0.2, 0.25) is 0 Å². The second kappa shape index (κ2) is 7.97. The van der Waals surface area contributed by atoms with Crippen LogP contribution in [-0.2, 0) is 4.74 Å². The minimum Gasteiger partial charge on any atom is -0.371 e. The van der Waals surface area contributed by atoms with Crippen LogP contribution in [0, 0.1) is 0 Å². The SMILES string of the molecule is Cl.Clc1ncccc1-c1cc(-c2ccc([C@H]3CNCCO3)cc2)n[nH]1. The second-order valence-electron chi connectivity index (χ2n) is 5.69. The van der Waals surface area contributed by atoms with Gasteiger partial charge in [-0.15, -0.1) is 12.4 Å². The predicted octanol–water partition coefficient (Wildman–Crippen LogP) is 3.87. The third-order valence-electron chi connectivity index (χ3n) is 4.13. The molecule has 0 radical (unpaired) electrons. The van der Waals surface area contributed by atoms with Gasteiger partial charge in [0.15, 0.2) is 0 Å². The van der Waals surface area contributed by atoms with E-state index < -0.39 is 0 Å². The molecule has 1 atom stereocenters. The van der Waals surface area contributed by atoms with Gasteiger partial charge >= 0.3 is 0 Å². The van der Waals surface area contributed by atoms with E-state index in [0.29, 0.717) is 5.15 Å². The first-order chi connectivity index (χ1) is 11.8. The summed E-state index contributed by atoms with van der Waals surface area (Å²) in [4.78, 5) is 4.10. The molecule has 1 aromatic carbocycles. The molecule has 0 bridgehead atoms. The standard InChI is InChI=1S/C18H17ClN4O.ClH/c19-18-14(2-1-7-21-18)16-10-15(22-23-16)12-3-5-13(6-4-12)17-11-20-8-9-24-17;/h1-7,10,17,20H,8-9,11H2,(H,22,23);1H/t17-;/m1./s1. The van der Waals surface area contributed by atoms with Crippen molar-refractivity contribution in [3.63, 3.8) is 0 Å². The quantitative estimate of drug-likeness (QED) is 0.680. The number of nitrogens with one attached hydrogen (secondary N) is 2. The lowest BCUT2D eigenvalue weighted by Gasteiger charge is -2.24. The van der Waals surface area contributed by atoms with E-state index in [1.165, 1.54) is 5.56 Å². The Morgan fingerprint density at radius 2 is 2.00 bits per heavy atom. The Morgan fingerprint density at radius 1 is 1.16 bits per heavy atom. The molecule has 3 aromatic rings. The molecule has 0 amide bonds. The van der Waals surface area contributed by atoms with Gasteiger partial charge in [0.25, 0.3) is 0 Å². The number of morpholine rings is 1. The van der Waals surface area contributed by atoms with Crippen LogP contribution in [0.5, 0.6) is 0 Å². The van der Waals surface area contributed by atoms with Crippen molar-refractivity contribution in [1.29, 1.82) is 0 Å². The fraction of sp³-hybridized carbons (Fsp3) is 0.222. The topological polar surface area (TPSA) is 62.8 Å². The Labute approximate surface area is 157 Å². The van der Waals surface area contributed by atoms with E-state index in [1.54, 1.807) is 6.20 Å². The zero-order valence-electron chi connectivity index (χ0n) is 13.4. The summed E-state index contributed by atoms with van der Waals surface area (Å²) in [5.41, 5.74) is 4.80. The van der Waals surface area contributed by atoms with Gasteiger partial charge in [0.1, 0.15) is 5.15 Å². The van der Waals surface area contributed by atoms with Crippen LogP contribution in [0.3, 0.4) is 0 Å². The maximum Gasteiger partial charge on any atom is 0.138 e. The van der Waals surface area contributed by atoms with Crippen LogP contribution >= 0.6 is 24.0 Å². The summed E-state index contributed by atoms with van der Waals surface area (Å²) < 4.78 is 5.78. The lowest BCUT2D eigenvalue weighted by molar-refractivity contribution is 0.0277. The van der Waals surface area contributed by atoms with Crippen molar-refractivity contribution in [3.8, 4) is 22.5 Å². The molecule has 1 aliphatic rings. The summed E-state index contributed by atoms with van der Waals surface area (Å²) >= 11 is 6.14. The zero-order valence-corrected chi connectivity index (χ0v) is 15.0. The third kappa shape index (κ3) is 3.85. The molecule has 0 spiro atoms. The predicted molar refractivity (Wildman–Crippen MR) is 101 cm³/mol. The van der Waals surface area contributed by atoms with Crippen LogP contribution in [0.1, 0.15) is 11.7 Å². The van der Waals surface area contributed by atoms with Crippen molar-refractivity contribution < 1.29 is 4.74 Å². The molecular weight excluding hydrogens is 359 g/mol. The van der Waals surface area contributed by atoms with Gasteiger partial charge < -0.3 is 10.1 Å². The van der Waals surface area contributed by atoms with E-state index >= 15 is 0 Å². The highest BCUT2D eigenvalue weighted by Crippen LogP contribution is 2.28. The van der Waals surface area contributed by atoms with Crippen LogP contribution in [0.4, 0.5) is 0 Å². The van der Waals surface area contributed by atoms with E-state index in [-0.39, 0.29) is 18.5 Å². The minimum atomic E-state index is 0. The number of rotatable bonds is 3. The number of nitrogens with zero attached hydrogens (tertiary/aromatic N) is 2. The van der Waals surface area contributed by atoms with Gasteiger partial charge in [-0.2, -0.15) is 5.10 Å². The normalized spacial score (nSPS) is 17.1. The molecule has 25 heavy (non-hydrogen) atoms. The molecule has 4 rings (SSSR count). The summed E-state index contributed by atoms with van der Waals surface area (Å²) in [5, 5.41) is 11.2. The summed E-state index contributed by atoms with van der Waals surface area (Å²) in [7, 11) is 0. The number of H-pyrrole nitrogens is 1. The largest absolute Gasteiger partial charge is 0.371 e. The van der Waals surface area contributed by atoms with E-state index in [2.05, 4.69) is 44.8 Å². The van der Waals surface area contributed by atoms with Crippen LogP contribution in [-0.4, -0.2) is 34.9 Å². The molecule has 0 saturated carbocycles. The average molecular weight is 377 g/mol. The zero-order chi connectivity index (χ0) is 16.4. The first kappa shape index (κ1) is 17.9. The van der Waals surface area contributed by atoms with Crippen molar-refractivity contribution >= 4 is 24.0 Å². The van der Waals surface area contributed by atoms with Crippen LogP contribution < -0.4 is 5.32 Å². The third-order valence-corrected chi connectivity index (χ3v) is 4.43. The van der Waals surface area contributed by atoms with Crippen LogP contribution in [0.2, 0.25) is 5.15 Å². The van der Waals surface area contributed by atoms with E-state index in [0.717, 1.165) is 42.2 Å². The number of ether oxygens (including phenoxy) is 1. The van der Waals surface area contributed by atoms with Gasteiger partial charge in [-0.25, -0.2) is 4.98 Å². The van der Waals surface area contributed by atoms with Crippen LogP contribution in [0.15, 0.2) is 48.7 Å². The summed E-state index contributed by atoms with van der Waals surface area (Å²) in [5.74, 6) is 0. The molecule has 2 aromatic heterocycles. The molecule has 130 valence electrons. The number of benzene rings is 1. The Morgan fingerprint density at radius 3 is 2.72 bits per heavy atom. The number of hydrogen-bond acceptors (Lipinski definition) is 4. The average Bonchev–Trinajstić information content (AvgIpc) is 3.13. The molecule has 3 heterocycles. The summed E-state index contributed by atoms with van der Waals surface area (Å²) in [6.07, 6.45) is 1.79. The summed E-state index contributed by atoms with van der Waals surface area (Å²) in [6, 6.07) is 14.1. The fourth-order valence-electron chi connectivity index (χ4n) is 2.84. The molecule has 2 N–H and O–H groups in total. The van der Waals surface area contributed by atoms with Crippen molar-refractivity contribution in [3.05, 3.63) is 59.4 Å². The highest BCUT2D eigenvalue weighted by atomic mass is 35.5. The second-order valence-corrected chi connectivity index (χ2v) is 6.05. The first-order valence-electron chi connectivity index (χ1n) is 7.90. The van der Waals surface area contributed by atoms with E-state index in [1.807, 2.05) is 18.2 Å². The monoisotopic (exact) mass is 376 g/mol. The number of aromatic amines is 1. The number of halogens is 2. The highest BCUT2D eigenvalue weighted by Gasteiger charge is 2.16. The lowest BCUT2D eigenvalue weighted by atomic mass is 10.0. The Hall–Kier alpha value is -1.92. The molecule has 1 aliphatic heterocycles. The lowest BCUT2D eigenvalue weighted by Crippen LogP contribution is -2.33. The Kier molecular flexibility index (Phi) is 5.71. The van der Waals surface area contributed by atoms with Gasteiger partial charge in [-0.3, -0.25) is 5.10 Å². The maximum absolute atomic E-state index is 6.14. The first-order valence-corrected chi connectivity index (χ1v) is 8.28. The van der Waals surface area contributed by atoms with Gasteiger partial charge in [0, 0.05) is 30.4 Å².